The summed E-state index contributed by atoms with van der Waals surface area (Å²) in [5.41, 5.74) is 2.40. The molecule has 1 fully saturated rings. The van der Waals surface area contributed by atoms with Crippen LogP contribution in [0.4, 0.5) is 0 Å². The van der Waals surface area contributed by atoms with Gasteiger partial charge in [0.05, 0.1) is 12.1 Å². The highest BCUT2D eigenvalue weighted by atomic mass is 16.5. The number of pyridine rings is 1. The molecule has 0 unspecified atom stereocenters. The molecule has 3 nitrogen and oxygen atoms in total. The summed E-state index contributed by atoms with van der Waals surface area (Å²) in [7, 11) is 0. The first-order valence-corrected chi connectivity index (χ1v) is 8.60. The highest BCUT2D eigenvalue weighted by Crippen LogP contribution is 2.23. The Labute approximate surface area is 133 Å². The molecule has 0 aliphatic carbocycles. The van der Waals surface area contributed by atoms with Gasteiger partial charge in [0.2, 0.25) is 5.88 Å². The van der Waals surface area contributed by atoms with E-state index in [1.54, 1.807) is 0 Å². The van der Waals surface area contributed by atoms with Crippen molar-refractivity contribution in [2.24, 2.45) is 0 Å². The van der Waals surface area contributed by atoms with E-state index in [-0.39, 0.29) is 0 Å². The summed E-state index contributed by atoms with van der Waals surface area (Å²) >= 11 is 0. The number of hydrogen-bond acceptors (Lipinski definition) is 3. The molecule has 1 saturated heterocycles. The van der Waals surface area contributed by atoms with Gasteiger partial charge in [-0.3, -0.25) is 0 Å². The maximum atomic E-state index is 5.90. The molecular weight excluding hydrogens is 272 g/mol. The third-order valence-electron chi connectivity index (χ3n) is 4.21. The maximum absolute atomic E-state index is 5.90. The van der Waals surface area contributed by atoms with Gasteiger partial charge in [-0.25, -0.2) is 4.98 Å². The Balaban J connectivity index is 1.55. The molecule has 3 rings (SSSR count). The van der Waals surface area contributed by atoms with Crippen LogP contribution in [0.15, 0.2) is 30.3 Å². The van der Waals surface area contributed by atoms with E-state index < -0.39 is 0 Å². The molecule has 0 radical (unpaired) electrons. The Kier molecular flexibility index (Phi) is 5.28. The monoisotopic (exact) mass is 298 g/mol. The number of hydrogen-bond donors (Lipinski definition) is 0. The lowest BCUT2D eigenvalue weighted by molar-refractivity contribution is 0.293. The van der Waals surface area contributed by atoms with E-state index in [2.05, 4.69) is 41.1 Å². The Bertz CT molecular complexity index is 607. The third-order valence-corrected chi connectivity index (χ3v) is 4.21. The van der Waals surface area contributed by atoms with E-state index in [1.807, 2.05) is 6.07 Å². The second-order valence-electron chi connectivity index (χ2n) is 6.14. The minimum Gasteiger partial charge on any atom is -0.478 e. The van der Waals surface area contributed by atoms with E-state index in [9.17, 15) is 0 Å². The van der Waals surface area contributed by atoms with Gasteiger partial charge >= 0.3 is 0 Å². The molecule has 0 spiro atoms. The largest absolute Gasteiger partial charge is 0.478 e. The highest BCUT2D eigenvalue weighted by molar-refractivity contribution is 5.82. The third kappa shape index (κ3) is 4.20. The molecule has 0 amide bonds. The number of aryl methyl sites for hydroxylation is 1. The lowest BCUT2D eigenvalue weighted by atomic mass is 10.1. The average Bonchev–Trinajstić information content (AvgIpc) is 3.35. The molecular formula is C19H26N2O. The molecule has 22 heavy (non-hydrogen) atoms. The summed E-state index contributed by atoms with van der Waals surface area (Å²) in [6.45, 7) is 6.85. The van der Waals surface area contributed by atoms with Crippen molar-refractivity contribution < 1.29 is 4.74 Å². The number of benzene rings is 1. The Morgan fingerprint density at radius 3 is 2.82 bits per heavy atom. The van der Waals surface area contributed by atoms with Gasteiger partial charge in [0.25, 0.3) is 0 Å². The smallest absolute Gasteiger partial charge is 0.214 e. The molecule has 0 bridgehead atoms. The number of aromatic nitrogens is 1. The van der Waals surface area contributed by atoms with Crippen molar-refractivity contribution in [2.75, 3.05) is 26.2 Å². The van der Waals surface area contributed by atoms with Gasteiger partial charge in [0.1, 0.15) is 0 Å². The second kappa shape index (κ2) is 7.59. The average molecular weight is 298 g/mol. The van der Waals surface area contributed by atoms with Gasteiger partial charge < -0.3 is 9.64 Å². The Morgan fingerprint density at radius 1 is 1.14 bits per heavy atom. The Morgan fingerprint density at radius 2 is 2.00 bits per heavy atom. The van der Waals surface area contributed by atoms with Gasteiger partial charge in [-0.05, 0) is 43.9 Å². The fourth-order valence-corrected chi connectivity index (χ4v) is 2.86. The topological polar surface area (TPSA) is 25.1 Å². The van der Waals surface area contributed by atoms with Crippen LogP contribution in [0.2, 0.25) is 0 Å². The standard InChI is InChI=1S/C19H26N2O/c1-2-8-16-15-19(20-18-10-5-4-9-17(16)18)22-14-7-3-6-11-21-12-13-21/h4-5,9-10,15H,2-3,6-8,11-14H2,1H3. The van der Waals surface area contributed by atoms with Crippen molar-refractivity contribution in [1.29, 1.82) is 0 Å². The van der Waals surface area contributed by atoms with Crippen LogP contribution in [0.5, 0.6) is 5.88 Å². The molecule has 1 aliphatic heterocycles. The number of ether oxygens (including phenoxy) is 1. The fraction of sp³-hybridized carbons (Fsp3) is 0.526. The van der Waals surface area contributed by atoms with Crippen LogP contribution < -0.4 is 4.74 Å². The second-order valence-corrected chi connectivity index (χ2v) is 6.14. The van der Waals surface area contributed by atoms with E-state index in [1.165, 1.54) is 43.4 Å². The maximum Gasteiger partial charge on any atom is 0.214 e. The minimum absolute atomic E-state index is 0.775. The summed E-state index contributed by atoms with van der Waals surface area (Å²) in [5, 5.41) is 1.26. The molecule has 0 saturated carbocycles. The zero-order chi connectivity index (χ0) is 15.2. The Hall–Kier alpha value is -1.61. The van der Waals surface area contributed by atoms with Gasteiger partial charge in [-0.15, -0.1) is 0 Å². The number of nitrogens with zero attached hydrogens (tertiary/aromatic N) is 2. The van der Waals surface area contributed by atoms with Gasteiger partial charge in [0.15, 0.2) is 0 Å². The predicted octanol–water partition coefficient (Wildman–Crippen LogP) is 4.05. The van der Waals surface area contributed by atoms with Gasteiger partial charge in [-0.2, -0.15) is 0 Å². The predicted molar refractivity (Wildman–Crippen MR) is 91.5 cm³/mol. The first-order chi connectivity index (χ1) is 10.9. The van der Waals surface area contributed by atoms with Crippen molar-refractivity contribution >= 4 is 10.9 Å². The molecule has 3 heteroatoms. The van der Waals surface area contributed by atoms with Crippen molar-refractivity contribution in [2.45, 2.75) is 39.0 Å². The van der Waals surface area contributed by atoms with Crippen LogP contribution >= 0.6 is 0 Å². The lowest BCUT2D eigenvalue weighted by Crippen LogP contribution is -2.03. The summed E-state index contributed by atoms with van der Waals surface area (Å²) in [6.07, 6.45) is 5.87. The molecule has 1 aromatic carbocycles. The molecule has 2 aromatic rings. The number of rotatable bonds is 9. The molecule has 0 atom stereocenters. The van der Waals surface area contributed by atoms with E-state index >= 15 is 0 Å². The zero-order valence-corrected chi connectivity index (χ0v) is 13.6. The molecule has 2 heterocycles. The van der Waals surface area contributed by atoms with Crippen LogP contribution in [0.3, 0.4) is 0 Å². The van der Waals surface area contributed by atoms with Crippen LogP contribution in [-0.2, 0) is 6.42 Å². The summed E-state index contributed by atoms with van der Waals surface area (Å²) < 4.78 is 5.90. The van der Waals surface area contributed by atoms with E-state index in [0.717, 1.165) is 37.3 Å². The number of fused-ring (bicyclic) bond motifs is 1. The van der Waals surface area contributed by atoms with Crippen molar-refractivity contribution in [3.63, 3.8) is 0 Å². The van der Waals surface area contributed by atoms with Crippen LogP contribution in [-0.4, -0.2) is 36.1 Å². The molecule has 118 valence electrons. The number of para-hydroxylation sites is 1. The van der Waals surface area contributed by atoms with Crippen LogP contribution in [0.25, 0.3) is 10.9 Å². The van der Waals surface area contributed by atoms with Crippen molar-refractivity contribution in [3.8, 4) is 5.88 Å². The first-order valence-electron chi connectivity index (χ1n) is 8.60. The summed E-state index contributed by atoms with van der Waals surface area (Å²) in [4.78, 5) is 7.12. The summed E-state index contributed by atoms with van der Waals surface area (Å²) in [6, 6.07) is 10.5. The summed E-state index contributed by atoms with van der Waals surface area (Å²) in [5.74, 6) is 0.785. The molecule has 1 aromatic heterocycles. The fourth-order valence-electron chi connectivity index (χ4n) is 2.86. The number of unbranched alkanes of at least 4 members (excludes halogenated alkanes) is 2. The zero-order valence-electron chi connectivity index (χ0n) is 13.6. The molecule has 0 N–H and O–H groups in total. The van der Waals surface area contributed by atoms with Crippen molar-refractivity contribution in [3.05, 3.63) is 35.9 Å². The quantitative estimate of drug-likeness (QED) is 0.516. The highest BCUT2D eigenvalue weighted by Gasteiger charge is 2.15. The first kappa shape index (κ1) is 15.3. The normalized spacial score (nSPS) is 14.4. The SMILES string of the molecule is CCCc1cc(OCCCCCN2CC2)nc2ccccc12. The van der Waals surface area contributed by atoms with Crippen LogP contribution in [0.1, 0.15) is 38.2 Å². The lowest BCUT2D eigenvalue weighted by Gasteiger charge is -2.10. The molecule has 1 aliphatic rings. The van der Waals surface area contributed by atoms with E-state index in [0.29, 0.717) is 0 Å². The minimum atomic E-state index is 0.775. The van der Waals surface area contributed by atoms with E-state index in [4.69, 9.17) is 4.74 Å². The van der Waals surface area contributed by atoms with Gasteiger partial charge in [-0.1, -0.05) is 31.5 Å². The van der Waals surface area contributed by atoms with Crippen LogP contribution in [0, 0.1) is 0 Å². The van der Waals surface area contributed by atoms with Crippen molar-refractivity contribution in [1.82, 2.24) is 9.88 Å². The van der Waals surface area contributed by atoms with Gasteiger partial charge in [0, 0.05) is 24.5 Å².